The average Bonchev–Trinajstić information content (AvgIpc) is 2.33. The summed E-state index contributed by atoms with van der Waals surface area (Å²) in [5, 5.41) is 2.77. The van der Waals surface area contributed by atoms with Crippen LogP contribution < -0.4 is 5.32 Å². The van der Waals surface area contributed by atoms with Crippen molar-refractivity contribution in [1.82, 2.24) is 5.32 Å². The van der Waals surface area contributed by atoms with Crippen molar-refractivity contribution >= 4 is 17.5 Å². The van der Waals surface area contributed by atoms with E-state index < -0.39 is 5.82 Å². The highest BCUT2D eigenvalue weighted by atomic mass is 35.5. The SMILES string of the molecule is O=C1NCc2c(F)cc(Cl)cc21. The van der Waals surface area contributed by atoms with Crippen molar-refractivity contribution < 1.29 is 9.18 Å². The fourth-order valence-corrected chi connectivity index (χ4v) is 1.45. The van der Waals surface area contributed by atoms with Gasteiger partial charge in [0, 0.05) is 22.7 Å². The molecule has 0 aromatic heterocycles. The second kappa shape index (κ2) is 2.45. The number of amides is 1. The summed E-state index contributed by atoms with van der Waals surface area (Å²) in [6.45, 7) is 0.261. The van der Waals surface area contributed by atoms with Crippen LogP contribution in [-0.4, -0.2) is 5.91 Å². The molecule has 1 aliphatic rings. The van der Waals surface area contributed by atoms with Gasteiger partial charge in [-0.25, -0.2) is 4.39 Å². The lowest BCUT2D eigenvalue weighted by Crippen LogP contribution is -2.12. The molecule has 2 rings (SSSR count). The Hall–Kier alpha value is -1.09. The lowest BCUT2D eigenvalue weighted by molar-refractivity contribution is 0.0966. The Morgan fingerprint density at radius 1 is 1.50 bits per heavy atom. The van der Waals surface area contributed by atoms with Gasteiger partial charge in [-0.2, -0.15) is 0 Å². The molecule has 1 heterocycles. The van der Waals surface area contributed by atoms with Crippen molar-refractivity contribution in [2.45, 2.75) is 6.54 Å². The molecule has 62 valence electrons. The molecule has 0 radical (unpaired) electrons. The molecule has 0 saturated heterocycles. The maximum absolute atomic E-state index is 13.0. The van der Waals surface area contributed by atoms with E-state index in [9.17, 15) is 9.18 Å². The smallest absolute Gasteiger partial charge is 0.252 e. The van der Waals surface area contributed by atoms with Gasteiger partial charge in [-0.15, -0.1) is 0 Å². The molecule has 12 heavy (non-hydrogen) atoms. The fraction of sp³-hybridized carbons (Fsp3) is 0.125. The minimum atomic E-state index is -0.421. The number of halogens is 2. The second-order valence-electron chi connectivity index (χ2n) is 2.60. The van der Waals surface area contributed by atoms with Gasteiger partial charge < -0.3 is 5.32 Å². The molecule has 0 spiro atoms. The van der Waals surface area contributed by atoms with E-state index in [1.54, 1.807) is 0 Å². The van der Waals surface area contributed by atoms with Crippen molar-refractivity contribution in [1.29, 1.82) is 0 Å². The van der Waals surface area contributed by atoms with E-state index in [1.807, 2.05) is 0 Å². The molecule has 2 nitrogen and oxygen atoms in total. The minimum absolute atomic E-state index is 0.253. The number of carbonyl (C=O) groups excluding carboxylic acids is 1. The average molecular weight is 186 g/mol. The number of nitrogens with one attached hydrogen (secondary N) is 1. The van der Waals surface area contributed by atoms with E-state index in [4.69, 9.17) is 11.6 Å². The van der Waals surface area contributed by atoms with Crippen LogP contribution in [0, 0.1) is 5.82 Å². The first-order valence-electron chi connectivity index (χ1n) is 3.44. The second-order valence-corrected chi connectivity index (χ2v) is 3.03. The van der Waals surface area contributed by atoms with Crippen LogP contribution in [0.25, 0.3) is 0 Å². The van der Waals surface area contributed by atoms with Crippen molar-refractivity contribution in [3.05, 3.63) is 34.1 Å². The monoisotopic (exact) mass is 185 g/mol. The Labute approximate surface area is 73.3 Å². The molecule has 1 N–H and O–H groups in total. The van der Waals surface area contributed by atoms with Gasteiger partial charge in [0.25, 0.3) is 5.91 Å². The normalized spacial score (nSPS) is 14.3. The summed E-state index contributed by atoms with van der Waals surface area (Å²) in [6.07, 6.45) is 0. The minimum Gasteiger partial charge on any atom is -0.348 e. The zero-order valence-electron chi connectivity index (χ0n) is 6.03. The van der Waals surface area contributed by atoms with E-state index >= 15 is 0 Å². The highest BCUT2D eigenvalue weighted by molar-refractivity contribution is 6.31. The molecule has 1 aromatic rings. The van der Waals surface area contributed by atoms with Crippen LogP contribution in [0.2, 0.25) is 5.02 Å². The summed E-state index contributed by atoms with van der Waals surface area (Å²) >= 11 is 5.57. The summed E-state index contributed by atoms with van der Waals surface area (Å²) < 4.78 is 13.0. The summed E-state index contributed by atoms with van der Waals surface area (Å²) in [6, 6.07) is 2.68. The van der Waals surface area contributed by atoms with Gasteiger partial charge in [0.1, 0.15) is 5.82 Å². The number of benzene rings is 1. The summed E-state index contributed by atoms with van der Waals surface area (Å²) in [4.78, 5) is 11.0. The molecule has 1 aromatic carbocycles. The van der Waals surface area contributed by atoms with Gasteiger partial charge in [0.15, 0.2) is 0 Å². The van der Waals surface area contributed by atoms with Gasteiger partial charge in [-0.3, -0.25) is 4.79 Å². The van der Waals surface area contributed by atoms with Gasteiger partial charge >= 0.3 is 0 Å². The van der Waals surface area contributed by atoms with Gasteiger partial charge in [-0.1, -0.05) is 11.6 Å². The molecular weight excluding hydrogens is 181 g/mol. The van der Waals surface area contributed by atoms with Crippen LogP contribution in [0.3, 0.4) is 0 Å². The molecule has 0 bridgehead atoms. The molecule has 0 aliphatic carbocycles. The van der Waals surface area contributed by atoms with Crippen LogP contribution in [-0.2, 0) is 6.54 Å². The predicted octanol–water partition coefficient (Wildman–Crippen LogP) is 1.72. The largest absolute Gasteiger partial charge is 0.348 e. The standard InChI is InChI=1S/C8H5ClFNO/c9-4-1-5-6(7(10)2-4)3-11-8(5)12/h1-2H,3H2,(H,11,12). The molecule has 0 unspecified atom stereocenters. The summed E-state index contributed by atoms with van der Waals surface area (Å²) in [5.74, 6) is -0.678. The third-order valence-electron chi connectivity index (χ3n) is 1.83. The van der Waals surface area contributed by atoms with Crippen LogP contribution in [0.4, 0.5) is 4.39 Å². The lowest BCUT2D eigenvalue weighted by atomic mass is 10.1. The fourth-order valence-electron chi connectivity index (χ4n) is 1.25. The van der Waals surface area contributed by atoms with Crippen LogP contribution in [0.1, 0.15) is 15.9 Å². The van der Waals surface area contributed by atoms with E-state index in [-0.39, 0.29) is 17.5 Å². The van der Waals surface area contributed by atoms with Gasteiger partial charge in [-0.05, 0) is 12.1 Å². The Morgan fingerprint density at radius 3 is 3.00 bits per heavy atom. The van der Waals surface area contributed by atoms with Crippen LogP contribution >= 0.6 is 11.6 Å². The third-order valence-corrected chi connectivity index (χ3v) is 2.05. The summed E-state index contributed by atoms with van der Waals surface area (Å²) in [5.41, 5.74) is 0.754. The topological polar surface area (TPSA) is 29.1 Å². The van der Waals surface area contributed by atoms with Gasteiger partial charge in [0.2, 0.25) is 0 Å². The first kappa shape index (κ1) is 7.55. The van der Waals surface area contributed by atoms with Crippen molar-refractivity contribution in [3.63, 3.8) is 0 Å². The molecule has 4 heteroatoms. The van der Waals surface area contributed by atoms with Gasteiger partial charge in [0.05, 0.1) is 0 Å². The van der Waals surface area contributed by atoms with Crippen molar-refractivity contribution in [2.75, 3.05) is 0 Å². The molecule has 1 amide bonds. The van der Waals surface area contributed by atoms with Crippen LogP contribution in [0.5, 0.6) is 0 Å². The third kappa shape index (κ3) is 0.975. The first-order valence-corrected chi connectivity index (χ1v) is 3.82. The highest BCUT2D eigenvalue weighted by Crippen LogP contribution is 2.23. The van der Waals surface area contributed by atoms with Crippen molar-refractivity contribution in [3.8, 4) is 0 Å². The van der Waals surface area contributed by atoms with E-state index in [2.05, 4.69) is 5.32 Å². The van der Waals surface area contributed by atoms with E-state index in [0.29, 0.717) is 11.1 Å². The maximum Gasteiger partial charge on any atom is 0.252 e. The number of hydrogen-bond acceptors (Lipinski definition) is 1. The molecule has 0 fully saturated rings. The Bertz CT molecular complexity index is 364. The van der Waals surface area contributed by atoms with E-state index in [0.717, 1.165) is 0 Å². The van der Waals surface area contributed by atoms with E-state index in [1.165, 1.54) is 12.1 Å². The molecule has 1 aliphatic heterocycles. The molecular formula is C8H5ClFNO. The Kier molecular flexibility index (Phi) is 1.54. The first-order chi connectivity index (χ1) is 5.68. The predicted molar refractivity (Wildman–Crippen MR) is 42.6 cm³/mol. The highest BCUT2D eigenvalue weighted by Gasteiger charge is 2.22. The maximum atomic E-state index is 13.0. The lowest BCUT2D eigenvalue weighted by Gasteiger charge is -1.97. The molecule has 0 saturated carbocycles. The molecule has 0 atom stereocenters. The van der Waals surface area contributed by atoms with Crippen LogP contribution in [0.15, 0.2) is 12.1 Å². The quantitative estimate of drug-likeness (QED) is 0.655. The number of fused-ring (bicyclic) bond motifs is 1. The zero-order chi connectivity index (χ0) is 8.72. The Balaban J connectivity index is 2.68. The van der Waals surface area contributed by atoms with Crippen molar-refractivity contribution in [2.24, 2.45) is 0 Å². The number of hydrogen-bond donors (Lipinski definition) is 1. The zero-order valence-corrected chi connectivity index (χ0v) is 6.78. The summed E-state index contributed by atoms with van der Waals surface area (Å²) in [7, 11) is 0. The Morgan fingerprint density at radius 2 is 2.25 bits per heavy atom. The number of rotatable bonds is 0. The number of carbonyl (C=O) groups is 1.